The molecule has 0 aromatic heterocycles. The molecule has 6 nitrogen and oxygen atoms in total. The van der Waals surface area contributed by atoms with E-state index in [-0.39, 0.29) is 24.2 Å². The fourth-order valence-electron chi connectivity index (χ4n) is 4.11. The van der Waals surface area contributed by atoms with Crippen molar-refractivity contribution in [1.29, 1.82) is 0 Å². The van der Waals surface area contributed by atoms with Gasteiger partial charge in [0.2, 0.25) is 5.91 Å². The van der Waals surface area contributed by atoms with Crippen LogP contribution in [0.2, 0.25) is 0 Å². The van der Waals surface area contributed by atoms with Crippen LogP contribution in [0.15, 0.2) is 54.6 Å². The second-order valence-electron chi connectivity index (χ2n) is 8.69. The quantitative estimate of drug-likeness (QED) is 0.589. The van der Waals surface area contributed by atoms with Crippen molar-refractivity contribution in [3.63, 3.8) is 0 Å². The number of rotatable bonds is 9. The first-order valence-electron chi connectivity index (χ1n) is 11.5. The molecule has 0 radical (unpaired) electrons. The Morgan fingerprint density at radius 2 is 1.85 bits per heavy atom. The summed E-state index contributed by atoms with van der Waals surface area (Å²) in [6, 6.07) is 15.2. The maximum Gasteiger partial charge on any atom is 0.408 e. The first kappa shape index (κ1) is 24.7. The van der Waals surface area contributed by atoms with Crippen LogP contribution in [0.1, 0.15) is 44.2 Å². The summed E-state index contributed by atoms with van der Waals surface area (Å²) >= 11 is 0. The molecule has 0 saturated carbocycles. The van der Waals surface area contributed by atoms with Crippen molar-refractivity contribution in [2.24, 2.45) is 5.92 Å². The predicted molar refractivity (Wildman–Crippen MR) is 124 cm³/mol. The minimum absolute atomic E-state index is 0.0888. The maximum absolute atomic E-state index is 13.9. The molecule has 0 unspecified atom stereocenters. The molecule has 2 aromatic rings. The van der Waals surface area contributed by atoms with Gasteiger partial charge in [-0.2, -0.15) is 0 Å². The van der Waals surface area contributed by atoms with Crippen LogP contribution >= 0.6 is 0 Å². The van der Waals surface area contributed by atoms with Gasteiger partial charge in [-0.1, -0.05) is 62.7 Å². The second-order valence-corrected chi connectivity index (χ2v) is 8.69. The van der Waals surface area contributed by atoms with Gasteiger partial charge in [-0.25, -0.2) is 9.18 Å². The number of hydrogen-bond acceptors (Lipinski definition) is 4. The number of carbonyl (C=O) groups excluding carboxylic acids is 2. The molecule has 178 valence electrons. The first-order valence-corrected chi connectivity index (χ1v) is 11.5. The molecule has 0 spiro atoms. The third-order valence-corrected chi connectivity index (χ3v) is 6.47. The number of hydrogen-bond donors (Lipinski definition) is 2. The van der Waals surface area contributed by atoms with Crippen molar-refractivity contribution in [1.82, 2.24) is 10.6 Å². The highest BCUT2D eigenvalue weighted by Crippen LogP contribution is 2.34. The van der Waals surface area contributed by atoms with Crippen LogP contribution in [-0.2, 0) is 26.3 Å². The number of benzene rings is 2. The van der Waals surface area contributed by atoms with E-state index in [0.29, 0.717) is 39.0 Å². The molecule has 33 heavy (non-hydrogen) atoms. The number of halogens is 1. The first-order chi connectivity index (χ1) is 15.9. The van der Waals surface area contributed by atoms with Crippen molar-refractivity contribution in [2.45, 2.75) is 51.2 Å². The van der Waals surface area contributed by atoms with E-state index in [1.807, 2.05) is 50.2 Å². The fourth-order valence-corrected chi connectivity index (χ4v) is 4.11. The minimum Gasteiger partial charge on any atom is -0.445 e. The standard InChI is InChI=1S/C26H33FN2O4/c1-3-19(2)23(29-25(31)33-17-20-8-5-4-6-9-20)24(30)28-18-26(12-14-32-15-13-26)21-10-7-11-22(27)16-21/h4-11,16,19,23H,3,12-15,17-18H2,1-2H3,(H,28,30)(H,29,31)/t19-,23-/m0/s1. The molecule has 0 aliphatic carbocycles. The Labute approximate surface area is 194 Å². The van der Waals surface area contributed by atoms with Crippen molar-refractivity contribution >= 4 is 12.0 Å². The molecule has 2 amide bonds. The third-order valence-electron chi connectivity index (χ3n) is 6.47. The highest BCUT2D eigenvalue weighted by Gasteiger charge is 2.36. The van der Waals surface area contributed by atoms with Gasteiger partial charge in [0, 0.05) is 25.2 Å². The Morgan fingerprint density at radius 1 is 1.12 bits per heavy atom. The Kier molecular flexibility index (Phi) is 8.83. The Balaban J connectivity index is 1.65. The molecule has 1 aliphatic rings. The molecule has 1 heterocycles. The van der Waals surface area contributed by atoms with Gasteiger partial charge in [0.1, 0.15) is 18.5 Å². The van der Waals surface area contributed by atoms with Crippen LogP contribution in [0, 0.1) is 11.7 Å². The van der Waals surface area contributed by atoms with E-state index in [4.69, 9.17) is 9.47 Å². The average molecular weight is 457 g/mol. The zero-order valence-electron chi connectivity index (χ0n) is 19.3. The molecule has 1 fully saturated rings. The molecule has 3 rings (SSSR count). The molecule has 1 aliphatic heterocycles. The summed E-state index contributed by atoms with van der Waals surface area (Å²) in [5.41, 5.74) is 1.30. The summed E-state index contributed by atoms with van der Waals surface area (Å²) < 4.78 is 24.8. The van der Waals surface area contributed by atoms with Crippen molar-refractivity contribution in [3.05, 3.63) is 71.5 Å². The largest absolute Gasteiger partial charge is 0.445 e. The Morgan fingerprint density at radius 3 is 2.52 bits per heavy atom. The molecule has 2 aromatic carbocycles. The van der Waals surface area contributed by atoms with Crippen molar-refractivity contribution in [3.8, 4) is 0 Å². The van der Waals surface area contributed by atoms with Crippen LogP contribution in [0.4, 0.5) is 9.18 Å². The topological polar surface area (TPSA) is 76.7 Å². The molecular weight excluding hydrogens is 423 g/mol. The summed E-state index contributed by atoms with van der Waals surface area (Å²) in [5, 5.41) is 5.75. The highest BCUT2D eigenvalue weighted by atomic mass is 19.1. The van der Waals surface area contributed by atoms with Crippen LogP contribution in [0.3, 0.4) is 0 Å². The molecule has 7 heteroatoms. The number of ether oxygens (including phenoxy) is 2. The normalized spacial score (nSPS) is 16.9. The Hall–Kier alpha value is -2.93. The van der Waals surface area contributed by atoms with E-state index in [9.17, 15) is 14.0 Å². The number of carbonyl (C=O) groups is 2. The van der Waals surface area contributed by atoms with E-state index in [1.54, 1.807) is 6.07 Å². The summed E-state index contributed by atoms with van der Waals surface area (Å²) in [4.78, 5) is 25.6. The molecule has 0 bridgehead atoms. The van der Waals surface area contributed by atoms with Crippen LogP contribution in [-0.4, -0.2) is 37.8 Å². The minimum atomic E-state index is -0.734. The Bertz CT molecular complexity index is 916. The van der Waals surface area contributed by atoms with Crippen molar-refractivity contribution < 1.29 is 23.5 Å². The van der Waals surface area contributed by atoms with Gasteiger partial charge in [0.25, 0.3) is 0 Å². The summed E-state index contributed by atoms with van der Waals surface area (Å²) in [6.45, 7) is 5.44. The van der Waals surface area contributed by atoms with Gasteiger partial charge in [0.05, 0.1) is 0 Å². The number of amides is 2. The molecule has 2 atom stereocenters. The van der Waals surface area contributed by atoms with E-state index < -0.39 is 17.6 Å². The number of nitrogens with one attached hydrogen (secondary N) is 2. The smallest absolute Gasteiger partial charge is 0.408 e. The van der Waals surface area contributed by atoms with E-state index in [0.717, 1.165) is 11.1 Å². The average Bonchev–Trinajstić information content (AvgIpc) is 2.85. The summed E-state index contributed by atoms with van der Waals surface area (Å²) in [5.74, 6) is -0.664. The zero-order chi connectivity index (χ0) is 23.7. The maximum atomic E-state index is 13.9. The SMILES string of the molecule is CC[C@H](C)[C@H](NC(=O)OCc1ccccc1)C(=O)NCC1(c2cccc(F)c2)CCOCC1. The lowest BCUT2D eigenvalue weighted by Crippen LogP contribution is -2.53. The highest BCUT2D eigenvalue weighted by molar-refractivity contribution is 5.86. The van der Waals surface area contributed by atoms with Gasteiger partial charge >= 0.3 is 6.09 Å². The lowest BCUT2D eigenvalue weighted by atomic mass is 9.74. The summed E-state index contributed by atoms with van der Waals surface area (Å²) in [6.07, 6.45) is 1.43. The van der Waals surface area contributed by atoms with Gasteiger partial charge in [-0.05, 0) is 42.0 Å². The van der Waals surface area contributed by atoms with Crippen LogP contribution in [0.25, 0.3) is 0 Å². The lowest BCUT2D eigenvalue weighted by molar-refractivity contribution is -0.124. The van der Waals surface area contributed by atoms with Gasteiger partial charge in [-0.15, -0.1) is 0 Å². The summed E-state index contributed by atoms with van der Waals surface area (Å²) in [7, 11) is 0. The van der Waals surface area contributed by atoms with E-state index in [2.05, 4.69) is 10.6 Å². The van der Waals surface area contributed by atoms with Gasteiger partial charge in [0.15, 0.2) is 0 Å². The fraction of sp³-hybridized carbons (Fsp3) is 0.462. The molecule has 1 saturated heterocycles. The van der Waals surface area contributed by atoms with E-state index in [1.165, 1.54) is 12.1 Å². The van der Waals surface area contributed by atoms with Crippen molar-refractivity contribution in [2.75, 3.05) is 19.8 Å². The second kappa shape index (κ2) is 11.8. The van der Waals surface area contributed by atoms with Crippen LogP contribution < -0.4 is 10.6 Å². The predicted octanol–water partition coefficient (Wildman–Crippen LogP) is 4.33. The monoisotopic (exact) mass is 456 g/mol. The van der Waals surface area contributed by atoms with Crippen LogP contribution in [0.5, 0.6) is 0 Å². The third kappa shape index (κ3) is 6.78. The molecular formula is C26H33FN2O4. The van der Waals surface area contributed by atoms with Gasteiger partial charge in [-0.3, -0.25) is 4.79 Å². The molecule has 2 N–H and O–H groups in total. The zero-order valence-corrected chi connectivity index (χ0v) is 19.3. The van der Waals surface area contributed by atoms with E-state index >= 15 is 0 Å². The number of alkyl carbamates (subject to hydrolysis) is 1. The lowest BCUT2D eigenvalue weighted by Gasteiger charge is -2.38. The van der Waals surface area contributed by atoms with Gasteiger partial charge < -0.3 is 20.1 Å².